The number of nitro groups is 1. The minimum absolute atomic E-state index is 0.116. The number of nitrogens with zero attached hydrogens (tertiary/aromatic N) is 1. The number of carbonyl (C=O) groups is 1. The molecule has 0 atom stereocenters. The molecule has 0 N–H and O–H groups in total. The second kappa shape index (κ2) is 7.42. The first-order chi connectivity index (χ1) is 12.0. The molecule has 0 radical (unpaired) electrons. The van der Waals surface area contributed by atoms with Crippen molar-refractivity contribution < 1.29 is 23.9 Å². The number of nitro benzene ring substituents is 1. The highest BCUT2D eigenvalue weighted by atomic mass is 16.7. The normalized spacial score (nSPS) is 14.9. The molecule has 2 aromatic carbocycles. The minimum Gasteiger partial charge on any atom is -0.416 e. The van der Waals surface area contributed by atoms with E-state index in [1.165, 1.54) is 12.1 Å². The fourth-order valence-corrected chi connectivity index (χ4v) is 2.44. The summed E-state index contributed by atoms with van der Waals surface area (Å²) < 4.78 is 16.1. The number of rotatable bonds is 4. The molecule has 1 aliphatic rings. The van der Waals surface area contributed by atoms with Crippen LogP contribution in [0, 0.1) is 17.0 Å². The lowest BCUT2D eigenvalue weighted by Crippen LogP contribution is -2.18. The van der Waals surface area contributed by atoms with Crippen LogP contribution in [0.3, 0.4) is 0 Å². The summed E-state index contributed by atoms with van der Waals surface area (Å²) in [6, 6.07) is 11.1. The molecule has 0 spiro atoms. The maximum absolute atomic E-state index is 12.2. The molecule has 1 heterocycles. The molecule has 0 bridgehead atoms. The van der Waals surface area contributed by atoms with Crippen LogP contribution in [0.2, 0.25) is 0 Å². The first-order valence-electron chi connectivity index (χ1n) is 7.85. The Morgan fingerprint density at radius 2 is 1.84 bits per heavy atom. The van der Waals surface area contributed by atoms with Gasteiger partial charge in [-0.25, -0.2) is 4.79 Å². The van der Waals surface area contributed by atoms with Crippen molar-refractivity contribution in [3.05, 3.63) is 69.3 Å². The fraction of sp³-hybridized carbons (Fsp3) is 0.278. The molecule has 0 aliphatic carbocycles. The summed E-state index contributed by atoms with van der Waals surface area (Å²) in [6.07, 6.45) is 0.138. The van der Waals surface area contributed by atoms with Gasteiger partial charge in [0, 0.05) is 11.6 Å². The van der Waals surface area contributed by atoms with Crippen LogP contribution in [0.5, 0.6) is 5.75 Å². The molecule has 0 aromatic heterocycles. The Labute approximate surface area is 144 Å². The monoisotopic (exact) mass is 343 g/mol. The van der Waals surface area contributed by atoms with Crippen molar-refractivity contribution in [1.29, 1.82) is 0 Å². The predicted molar refractivity (Wildman–Crippen MR) is 88.5 cm³/mol. The second-order valence-corrected chi connectivity index (χ2v) is 5.67. The van der Waals surface area contributed by atoms with E-state index < -0.39 is 17.2 Å². The van der Waals surface area contributed by atoms with Crippen LogP contribution in [-0.4, -0.2) is 24.1 Å². The molecule has 130 valence electrons. The van der Waals surface area contributed by atoms with Gasteiger partial charge < -0.3 is 14.2 Å². The van der Waals surface area contributed by atoms with E-state index in [0.717, 1.165) is 12.0 Å². The van der Waals surface area contributed by atoms with Gasteiger partial charge in [0.25, 0.3) is 0 Å². The average Bonchev–Trinajstić information content (AvgIpc) is 2.63. The van der Waals surface area contributed by atoms with E-state index in [0.29, 0.717) is 24.3 Å². The maximum atomic E-state index is 12.2. The van der Waals surface area contributed by atoms with Gasteiger partial charge in [0.2, 0.25) is 5.75 Å². The molecule has 0 unspecified atom stereocenters. The van der Waals surface area contributed by atoms with Crippen molar-refractivity contribution in [2.45, 2.75) is 19.6 Å². The summed E-state index contributed by atoms with van der Waals surface area (Å²) in [6.45, 7) is 2.96. The van der Waals surface area contributed by atoms with Gasteiger partial charge in [0.05, 0.1) is 23.7 Å². The fourth-order valence-electron chi connectivity index (χ4n) is 2.44. The van der Waals surface area contributed by atoms with Crippen LogP contribution >= 0.6 is 0 Å². The Hall–Kier alpha value is -2.77. The molecule has 0 amide bonds. The third-order valence-corrected chi connectivity index (χ3v) is 3.77. The van der Waals surface area contributed by atoms with E-state index in [2.05, 4.69) is 0 Å². The first-order valence-corrected chi connectivity index (χ1v) is 7.85. The van der Waals surface area contributed by atoms with Crippen molar-refractivity contribution in [2.24, 2.45) is 0 Å². The van der Waals surface area contributed by atoms with Gasteiger partial charge >= 0.3 is 11.7 Å². The van der Waals surface area contributed by atoms with E-state index in [9.17, 15) is 14.9 Å². The molecule has 7 nitrogen and oxygen atoms in total. The number of ether oxygens (including phenoxy) is 3. The minimum atomic E-state index is -0.652. The highest BCUT2D eigenvalue weighted by Gasteiger charge is 2.24. The van der Waals surface area contributed by atoms with Crippen LogP contribution in [0.1, 0.15) is 34.2 Å². The van der Waals surface area contributed by atoms with Gasteiger partial charge in [-0.1, -0.05) is 17.7 Å². The molecular weight excluding hydrogens is 326 g/mol. The molecule has 1 aliphatic heterocycles. The summed E-state index contributed by atoms with van der Waals surface area (Å²) in [4.78, 5) is 23.0. The van der Waals surface area contributed by atoms with Gasteiger partial charge in [-0.15, -0.1) is 0 Å². The van der Waals surface area contributed by atoms with Crippen LogP contribution in [-0.2, 0) is 9.47 Å². The number of hydrogen-bond acceptors (Lipinski definition) is 6. The second-order valence-electron chi connectivity index (χ2n) is 5.67. The van der Waals surface area contributed by atoms with Gasteiger partial charge in [-0.2, -0.15) is 0 Å². The molecule has 3 rings (SSSR count). The van der Waals surface area contributed by atoms with E-state index in [1.54, 1.807) is 30.3 Å². The Kier molecular flexibility index (Phi) is 5.06. The molecule has 25 heavy (non-hydrogen) atoms. The standard InChI is InChI=1S/C18H17NO6/c1-12-3-5-13(6-4-12)17(20)25-16-8-7-14(11-15(16)19(21)22)18-23-9-2-10-24-18/h3-8,11,18H,2,9-10H2,1H3. The Morgan fingerprint density at radius 3 is 2.48 bits per heavy atom. The van der Waals surface area contributed by atoms with Crippen molar-refractivity contribution >= 4 is 11.7 Å². The van der Waals surface area contributed by atoms with Crippen LogP contribution in [0.15, 0.2) is 42.5 Å². The summed E-state index contributed by atoms with van der Waals surface area (Å²) in [5.41, 5.74) is 1.53. The van der Waals surface area contributed by atoms with Crippen molar-refractivity contribution in [3.8, 4) is 5.75 Å². The quantitative estimate of drug-likeness (QED) is 0.365. The molecule has 1 saturated heterocycles. The zero-order valence-electron chi connectivity index (χ0n) is 13.6. The Morgan fingerprint density at radius 1 is 1.16 bits per heavy atom. The van der Waals surface area contributed by atoms with Crippen molar-refractivity contribution in [2.75, 3.05) is 13.2 Å². The smallest absolute Gasteiger partial charge is 0.343 e. The SMILES string of the molecule is Cc1ccc(C(=O)Oc2ccc(C3OCCCO3)cc2[N+](=O)[O-])cc1. The number of aryl methyl sites for hydroxylation is 1. The first kappa shape index (κ1) is 17.1. The maximum Gasteiger partial charge on any atom is 0.343 e. The molecule has 1 fully saturated rings. The van der Waals surface area contributed by atoms with Gasteiger partial charge in [0.15, 0.2) is 6.29 Å². The molecule has 2 aromatic rings. The van der Waals surface area contributed by atoms with Crippen LogP contribution in [0.25, 0.3) is 0 Å². The third kappa shape index (κ3) is 4.01. The summed E-state index contributed by atoms with van der Waals surface area (Å²) >= 11 is 0. The summed E-state index contributed by atoms with van der Waals surface area (Å²) in [5.74, 6) is -0.767. The Balaban J connectivity index is 1.83. The van der Waals surface area contributed by atoms with E-state index in [-0.39, 0.29) is 11.4 Å². The van der Waals surface area contributed by atoms with E-state index >= 15 is 0 Å². The molecular formula is C18H17NO6. The number of carbonyl (C=O) groups excluding carboxylic acids is 1. The molecule has 0 saturated carbocycles. The van der Waals surface area contributed by atoms with E-state index in [1.807, 2.05) is 6.92 Å². The lowest BCUT2D eigenvalue weighted by molar-refractivity contribution is -0.385. The number of hydrogen-bond donors (Lipinski definition) is 0. The molecule has 7 heteroatoms. The highest BCUT2D eigenvalue weighted by Crippen LogP contribution is 2.33. The number of benzene rings is 2. The van der Waals surface area contributed by atoms with Crippen molar-refractivity contribution in [1.82, 2.24) is 0 Å². The Bertz CT molecular complexity index is 781. The lowest BCUT2D eigenvalue weighted by Gasteiger charge is -2.23. The topological polar surface area (TPSA) is 87.9 Å². The zero-order chi connectivity index (χ0) is 17.8. The largest absolute Gasteiger partial charge is 0.416 e. The average molecular weight is 343 g/mol. The summed E-state index contributed by atoms with van der Waals surface area (Å²) in [5, 5.41) is 11.4. The van der Waals surface area contributed by atoms with Crippen molar-refractivity contribution in [3.63, 3.8) is 0 Å². The zero-order valence-corrected chi connectivity index (χ0v) is 13.6. The highest BCUT2D eigenvalue weighted by molar-refractivity contribution is 5.91. The van der Waals surface area contributed by atoms with Gasteiger partial charge in [0.1, 0.15) is 0 Å². The lowest BCUT2D eigenvalue weighted by atomic mass is 10.1. The van der Waals surface area contributed by atoms with Crippen LogP contribution < -0.4 is 4.74 Å². The summed E-state index contributed by atoms with van der Waals surface area (Å²) in [7, 11) is 0. The third-order valence-electron chi connectivity index (χ3n) is 3.77. The van der Waals surface area contributed by atoms with Gasteiger partial charge in [-0.3, -0.25) is 10.1 Å². The van der Waals surface area contributed by atoms with E-state index in [4.69, 9.17) is 14.2 Å². The van der Waals surface area contributed by atoms with Gasteiger partial charge in [-0.05, 0) is 37.6 Å². The number of esters is 1. The predicted octanol–water partition coefficient (Wildman–Crippen LogP) is 3.56. The van der Waals surface area contributed by atoms with Crippen LogP contribution in [0.4, 0.5) is 5.69 Å².